The molecule has 0 unspecified atom stereocenters. The van der Waals surface area contributed by atoms with Gasteiger partial charge in [0.15, 0.2) is 0 Å². The Labute approximate surface area is 178 Å². The van der Waals surface area contributed by atoms with Crippen molar-refractivity contribution in [3.63, 3.8) is 0 Å². The molecule has 1 atom stereocenters. The lowest BCUT2D eigenvalue weighted by atomic mass is 10.1. The van der Waals surface area contributed by atoms with E-state index in [0.29, 0.717) is 22.4 Å². The van der Waals surface area contributed by atoms with E-state index in [1.165, 1.54) is 12.1 Å². The van der Waals surface area contributed by atoms with Crippen molar-refractivity contribution in [3.8, 4) is 16.9 Å². The number of aromatic nitrogens is 3. The number of piperidine rings is 1. The van der Waals surface area contributed by atoms with Crippen molar-refractivity contribution in [1.29, 1.82) is 0 Å². The van der Waals surface area contributed by atoms with Gasteiger partial charge in [-0.2, -0.15) is 5.10 Å². The molecule has 8 heteroatoms. The van der Waals surface area contributed by atoms with Crippen LogP contribution in [0.4, 0.5) is 4.39 Å². The van der Waals surface area contributed by atoms with Crippen molar-refractivity contribution < 1.29 is 9.13 Å². The summed E-state index contributed by atoms with van der Waals surface area (Å²) in [5, 5.41) is 8.22. The minimum Gasteiger partial charge on any atom is -0.484 e. The Hall–Kier alpha value is -2.15. The van der Waals surface area contributed by atoms with E-state index in [-0.39, 0.29) is 5.02 Å². The Bertz CT molecular complexity index is 1000. The van der Waals surface area contributed by atoms with E-state index < -0.39 is 11.9 Å². The van der Waals surface area contributed by atoms with Gasteiger partial charge in [0.1, 0.15) is 17.7 Å². The molecule has 0 aliphatic carbocycles. The number of rotatable bonds is 5. The second-order valence-corrected chi connectivity index (χ2v) is 7.90. The number of benzene rings is 1. The Morgan fingerprint density at radius 1 is 1.17 bits per heavy atom. The lowest BCUT2D eigenvalue weighted by Gasteiger charge is -2.22. The average Bonchev–Trinajstić information content (AvgIpc) is 3.22. The molecule has 0 radical (unpaired) electrons. The van der Waals surface area contributed by atoms with E-state index in [1.807, 2.05) is 23.1 Å². The normalized spacial score (nSPS) is 16.0. The second-order valence-electron chi connectivity index (χ2n) is 7.12. The molecule has 29 heavy (non-hydrogen) atoms. The van der Waals surface area contributed by atoms with Crippen molar-refractivity contribution >= 4 is 23.2 Å². The second kappa shape index (κ2) is 8.69. The fraction of sp³-hybridized carbons (Fsp3) is 0.333. The molecule has 1 fully saturated rings. The summed E-state index contributed by atoms with van der Waals surface area (Å²) < 4.78 is 21.8. The molecule has 2 aromatic heterocycles. The van der Waals surface area contributed by atoms with Crippen molar-refractivity contribution in [2.45, 2.75) is 31.9 Å². The quantitative estimate of drug-likeness (QED) is 0.541. The van der Waals surface area contributed by atoms with Crippen LogP contribution in [0.5, 0.6) is 5.75 Å². The monoisotopic (exact) mass is 434 g/mol. The molecule has 0 saturated carbocycles. The number of nitrogens with one attached hydrogen (secondary N) is 1. The molecule has 5 nitrogen and oxygen atoms in total. The zero-order valence-corrected chi connectivity index (χ0v) is 17.4. The van der Waals surface area contributed by atoms with Crippen LogP contribution in [0.15, 0.2) is 43.0 Å². The molecule has 4 rings (SSSR count). The molecular weight excluding hydrogens is 414 g/mol. The smallest absolute Gasteiger partial charge is 0.142 e. The van der Waals surface area contributed by atoms with E-state index >= 15 is 0 Å². The summed E-state index contributed by atoms with van der Waals surface area (Å²) >= 11 is 12.3. The Morgan fingerprint density at radius 2 is 1.97 bits per heavy atom. The third-order valence-electron chi connectivity index (χ3n) is 5.13. The molecule has 1 aliphatic heterocycles. The molecule has 0 bridgehead atoms. The summed E-state index contributed by atoms with van der Waals surface area (Å²) in [7, 11) is 0. The third kappa shape index (κ3) is 4.39. The largest absolute Gasteiger partial charge is 0.484 e. The van der Waals surface area contributed by atoms with Crippen LogP contribution in [-0.2, 0) is 0 Å². The molecule has 1 N–H and O–H groups in total. The van der Waals surface area contributed by atoms with Gasteiger partial charge >= 0.3 is 0 Å². The van der Waals surface area contributed by atoms with Gasteiger partial charge in [0.25, 0.3) is 0 Å². The lowest BCUT2D eigenvalue weighted by molar-refractivity contribution is 0.226. The fourth-order valence-corrected chi connectivity index (χ4v) is 4.26. The molecule has 1 saturated heterocycles. The van der Waals surface area contributed by atoms with Crippen LogP contribution in [0, 0.1) is 5.82 Å². The summed E-state index contributed by atoms with van der Waals surface area (Å²) in [6.07, 6.45) is 8.85. The van der Waals surface area contributed by atoms with Crippen molar-refractivity contribution in [3.05, 3.63) is 64.4 Å². The highest BCUT2D eigenvalue weighted by Gasteiger charge is 2.19. The van der Waals surface area contributed by atoms with Gasteiger partial charge in [0.05, 0.1) is 23.5 Å². The van der Waals surface area contributed by atoms with Crippen LogP contribution in [0.2, 0.25) is 10.0 Å². The Morgan fingerprint density at radius 3 is 2.76 bits per heavy atom. The minimum atomic E-state index is -0.541. The molecule has 3 aromatic rings. The molecule has 3 heterocycles. The van der Waals surface area contributed by atoms with Crippen LogP contribution < -0.4 is 10.1 Å². The number of ether oxygens (including phenoxy) is 1. The van der Waals surface area contributed by atoms with Gasteiger partial charge in [-0.1, -0.05) is 23.2 Å². The first kappa shape index (κ1) is 20.1. The first-order chi connectivity index (χ1) is 14.0. The predicted octanol–water partition coefficient (Wildman–Crippen LogP) is 5.46. The molecule has 152 valence electrons. The van der Waals surface area contributed by atoms with E-state index in [0.717, 1.165) is 37.1 Å². The van der Waals surface area contributed by atoms with Crippen LogP contribution in [0.3, 0.4) is 0 Å². The zero-order valence-electron chi connectivity index (χ0n) is 15.9. The van der Waals surface area contributed by atoms with Crippen LogP contribution >= 0.6 is 23.2 Å². The van der Waals surface area contributed by atoms with Gasteiger partial charge in [-0.25, -0.2) is 4.39 Å². The van der Waals surface area contributed by atoms with E-state index in [2.05, 4.69) is 15.4 Å². The maximum absolute atomic E-state index is 13.8. The molecule has 0 amide bonds. The molecular formula is C21H21Cl2FN4O. The third-order valence-corrected chi connectivity index (χ3v) is 5.84. The molecule has 0 spiro atoms. The number of nitrogens with zero attached hydrogens (tertiary/aromatic N) is 3. The molecule has 1 aliphatic rings. The standard InChI is InChI=1S/C21H21Cl2FN4O/c1-13(20-18(22)2-3-19(24)21(20)23)29-17-8-14(9-26-11-17)15-10-27-28(12-15)16-4-6-25-7-5-16/h2-3,8-13,16,25H,4-7H2,1H3/t13-/m0/s1. The fourth-order valence-electron chi connectivity index (χ4n) is 3.58. The summed E-state index contributed by atoms with van der Waals surface area (Å²) in [6, 6.07) is 5.01. The van der Waals surface area contributed by atoms with Crippen molar-refractivity contribution in [2.24, 2.45) is 0 Å². The van der Waals surface area contributed by atoms with Gasteiger partial charge in [-0.05, 0) is 51.1 Å². The first-order valence-electron chi connectivity index (χ1n) is 9.53. The van der Waals surface area contributed by atoms with Crippen molar-refractivity contribution in [1.82, 2.24) is 20.1 Å². The SMILES string of the molecule is C[C@H](Oc1cncc(-c2cnn(C3CCNCC3)c2)c1)c1c(Cl)ccc(F)c1Cl. The number of hydrogen-bond donors (Lipinski definition) is 1. The average molecular weight is 435 g/mol. The van der Waals surface area contributed by atoms with Gasteiger partial charge in [-0.15, -0.1) is 0 Å². The number of halogens is 3. The topological polar surface area (TPSA) is 52.0 Å². The highest BCUT2D eigenvalue weighted by molar-refractivity contribution is 6.36. The van der Waals surface area contributed by atoms with Gasteiger partial charge in [-0.3, -0.25) is 9.67 Å². The highest BCUT2D eigenvalue weighted by atomic mass is 35.5. The van der Waals surface area contributed by atoms with Gasteiger partial charge < -0.3 is 10.1 Å². The summed E-state index contributed by atoms with van der Waals surface area (Å²) in [5.74, 6) is 0.0136. The highest BCUT2D eigenvalue weighted by Crippen LogP contribution is 2.35. The van der Waals surface area contributed by atoms with Crippen LogP contribution in [0.1, 0.15) is 37.5 Å². The maximum atomic E-state index is 13.8. The van der Waals surface area contributed by atoms with E-state index in [9.17, 15) is 4.39 Å². The van der Waals surface area contributed by atoms with Gasteiger partial charge in [0.2, 0.25) is 0 Å². The minimum absolute atomic E-state index is 0.0302. The lowest BCUT2D eigenvalue weighted by Crippen LogP contribution is -2.29. The van der Waals surface area contributed by atoms with E-state index in [4.69, 9.17) is 27.9 Å². The maximum Gasteiger partial charge on any atom is 0.142 e. The predicted molar refractivity (Wildman–Crippen MR) is 112 cm³/mol. The first-order valence-corrected chi connectivity index (χ1v) is 10.3. The van der Waals surface area contributed by atoms with Crippen LogP contribution in [-0.4, -0.2) is 27.9 Å². The van der Waals surface area contributed by atoms with Crippen LogP contribution in [0.25, 0.3) is 11.1 Å². The number of hydrogen-bond acceptors (Lipinski definition) is 4. The Kier molecular flexibility index (Phi) is 6.04. The van der Waals surface area contributed by atoms with Gasteiger partial charge in [0, 0.05) is 34.1 Å². The number of pyridine rings is 1. The summed E-state index contributed by atoms with van der Waals surface area (Å²) in [4.78, 5) is 4.28. The van der Waals surface area contributed by atoms with E-state index in [1.54, 1.807) is 19.3 Å². The summed E-state index contributed by atoms with van der Waals surface area (Å²) in [6.45, 7) is 3.79. The zero-order chi connectivity index (χ0) is 20.4. The van der Waals surface area contributed by atoms with Crippen molar-refractivity contribution in [2.75, 3.05) is 13.1 Å². The summed E-state index contributed by atoms with van der Waals surface area (Å²) in [5.41, 5.74) is 2.28. The molecule has 1 aromatic carbocycles. The Balaban J connectivity index is 1.54.